The SMILES string of the molecule is Cc1nc([C@@H]2CC[C@H]3[C@@H]4CCC5=CC(=O)CC[C@]5(C)[C@H]4CC[C@]23C)cs1. The summed E-state index contributed by atoms with van der Waals surface area (Å²) in [7, 11) is 0. The van der Waals surface area contributed by atoms with E-state index in [4.69, 9.17) is 4.98 Å². The average molecular weight is 370 g/mol. The number of nitrogens with zero attached hydrogens (tertiary/aromatic N) is 1. The zero-order chi connectivity index (χ0) is 18.1. The number of hydrogen-bond donors (Lipinski definition) is 0. The molecule has 0 radical (unpaired) electrons. The third-order valence-corrected chi connectivity index (χ3v) is 9.75. The third-order valence-electron chi connectivity index (χ3n) is 8.96. The quantitative estimate of drug-likeness (QED) is 0.601. The summed E-state index contributed by atoms with van der Waals surface area (Å²) in [6, 6.07) is 0. The first kappa shape index (κ1) is 17.2. The van der Waals surface area contributed by atoms with Crippen molar-refractivity contribution in [1.82, 2.24) is 4.98 Å². The van der Waals surface area contributed by atoms with Crippen LogP contribution in [0.15, 0.2) is 17.0 Å². The van der Waals surface area contributed by atoms with Crippen LogP contribution in [0.5, 0.6) is 0 Å². The molecule has 4 aliphatic carbocycles. The van der Waals surface area contributed by atoms with E-state index in [1.807, 2.05) is 17.4 Å². The minimum atomic E-state index is 0.299. The number of carbonyl (C=O) groups excluding carboxylic acids is 1. The lowest BCUT2D eigenvalue weighted by Gasteiger charge is -2.58. The van der Waals surface area contributed by atoms with Crippen LogP contribution in [0, 0.1) is 35.5 Å². The highest BCUT2D eigenvalue weighted by atomic mass is 32.1. The molecular weight excluding hydrogens is 338 g/mol. The van der Waals surface area contributed by atoms with E-state index in [1.165, 1.54) is 48.4 Å². The van der Waals surface area contributed by atoms with Gasteiger partial charge >= 0.3 is 0 Å². The topological polar surface area (TPSA) is 30.0 Å². The van der Waals surface area contributed by atoms with Gasteiger partial charge < -0.3 is 0 Å². The molecule has 0 aromatic carbocycles. The number of allylic oxidation sites excluding steroid dienone is 1. The number of aromatic nitrogens is 1. The summed E-state index contributed by atoms with van der Waals surface area (Å²) in [5.41, 5.74) is 3.60. The van der Waals surface area contributed by atoms with Crippen molar-refractivity contribution in [1.29, 1.82) is 0 Å². The van der Waals surface area contributed by atoms with Gasteiger partial charge in [0.2, 0.25) is 0 Å². The maximum absolute atomic E-state index is 12.0. The van der Waals surface area contributed by atoms with Crippen LogP contribution in [0.4, 0.5) is 0 Å². The van der Waals surface area contributed by atoms with E-state index in [-0.39, 0.29) is 0 Å². The summed E-state index contributed by atoms with van der Waals surface area (Å²) in [5, 5.41) is 3.54. The number of aryl methyl sites for hydroxylation is 1. The molecule has 1 aromatic rings. The molecule has 0 aliphatic heterocycles. The van der Waals surface area contributed by atoms with Crippen LogP contribution in [0.1, 0.15) is 81.8 Å². The predicted octanol–water partition coefficient (Wildman–Crippen LogP) is 6.07. The Kier molecular flexibility index (Phi) is 3.81. The monoisotopic (exact) mass is 369 g/mol. The second-order valence-electron chi connectivity index (χ2n) is 9.93. The molecule has 0 amide bonds. The van der Waals surface area contributed by atoms with Gasteiger partial charge in [0, 0.05) is 17.7 Å². The van der Waals surface area contributed by atoms with Crippen molar-refractivity contribution in [2.24, 2.45) is 28.6 Å². The molecule has 2 nitrogen and oxygen atoms in total. The molecule has 0 bridgehead atoms. The van der Waals surface area contributed by atoms with E-state index in [0.717, 1.165) is 37.0 Å². The second-order valence-corrected chi connectivity index (χ2v) is 11.0. The van der Waals surface area contributed by atoms with E-state index < -0.39 is 0 Å². The van der Waals surface area contributed by atoms with Crippen LogP contribution >= 0.6 is 11.3 Å². The predicted molar refractivity (Wildman–Crippen MR) is 106 cm³/mol. The molecule has 4 aliphatic rings. The highest BCUT2D eigenvalue weighted by Crippen LogP contribution is 2.68. The number of hydrogen-bond acceptors (Lipinski definition) is 3. The number of thiazole rings is 1. The molecule has 0 unspecified atom stereocenters. The molecule has 1 aromatic heterocycles. The lowest BCUT2D eigenvalue weighted by Crippen LogP contribution is -2.50. The van der Waals surface area contributed by atoms with Crippen molar-refractivity contribution >= 4 is 17.1 Å². The van der Waals surface area contributed by atoms with E-state index in [1.54, 1.807) is 0 Å². The van der Waals surface area contributed by atoms with Gasteiger partial charge in [0.1, 0.15) is 0 Å². The highest BCUT2D eigenvalue weighted by Gasteiger charge is 2.59. The average Bonchev–Trinajstić information content (AvgIpc) is 3.18. The maximum atomic E-state index is 12.0. The van der Waals surface area contributed by atoms with Crippen molar-refractivity contribution in [3.05, 3.63) is 27.7 Å². The first-order valence-corrected chi connectivity index (χ1v) is 11.5. The molecule has 3 fully saturated rings. The molecular formula is C23H31NOS. The summed E-state index contributed by atoms with van der Waals surface area (Å²) < 4.78 is 0. The molecule has 26 heavy (non-hydrogen) atoms. The summed E-state index contributed by atoms with van der Waals surface area (Å²) >= 11 is 1.82. The van der Waals surface area contributed by atoms with Gasteiger partial charge in [0.25, 0.3) is 0 Å². The first-order valence-electron chi connectivity index (χ1n) is 10.6. The minimum Gasteiger partial charge on any atom is -0.295 e. The molecule has 1 heterocycles. The smallest absolute Gasteiger partial charge is 0.155 e. The number of rotatable bonds is 1. The molecule has 140 valence electrons. The van der Waals surface area contributed by atoms with E-state index in [9.17, 15) is 4.79 Å². The van der Waals surface area contributed by atoms with Crippen molar-refractivity contribution < 1.29 is 4.79 Å². The molecule has 0 saturated heterocycles. The Morgan fingerprint density at radius 3 is 2.69 bits per heavy atom. The van der Waals surface area contributed by atoms with Gasteiger partial charge in [0.05, 0.1) is 10.7 Å². The zero-order valence-electron chi connectivity index (χ0n) is 16.4. The van der Waals surface area contributed by atoms with Crippen LogP contribution in [0.25, 0.3) is 0 Å². The van der Waals surface area contributed by atoms with Gasteiger partial charge in [-0.05, 0) is 86.5 Å². The van der Waals surface area contributed by atoms with Crippen molar-refractivity contribution in [2.75, 3.05) is 0 Å². The Morgan fingerprint density at radius 1 is 1.08 bits per heavy atom. The van der Waals surface area contributed by atoms with E-state index in [2.05, 4.69) is 26.2 Å². The Hall–Kier alpha value is -0.960. The van der Waals surface area contributed by atoms with Crippen LogP contribution in [-0.2, 0) is 4.79 Å². The summed E-state index contributed by atoms with van der Waals surface area (Å²) in [5.74, 6) is 3.54. The van der Waals surface area contributed by atoms with Crippen LogP contribution < -0.4 is 0 Å². The second kappa shape index (κ2) is 5.77. The molecule has 3 saturated carbocycles. The Bertz CT molecular complexity index is 779. The lowest BCUT2D eigenvalue weighted by molar-refractivity contribution is -0.117. The largest absolute Gasteiger partial charge is 0.295 e. The first-order chi connectivity index (χ1) is 12.4. The molecule has 5 rings (SSSR count). The summed E-state index contributed by atoms with van der Waals surface area (Å²) in [4.78, 5) is 16.9. The van der Waals surface area contributed by atoms with Gasteiger partial charge in [0.15, 0.2) is 5.78 Å². The fraction of sp³-hybridized carbons (Fsp3) is 0.739. The van der Waals surface area contributed by atoms with Gasteiger partial charge in [-0.3, -0.25) is 4.79 Å². The lowest BCUT2D eigenvalue weighted by atomic mass is 9.47. The van der Waals surface area contributed by atoms with Crippen LogP contribution in [-0.4, -0.2) is 10.8 Å². The third kappa shape index (κ3) is 2.28. The summed E-state index contributed by atoms with van der Waals surface area (Å²) in [6.07, 6.45) is 11.8. The van der Waals surface area contributed by atoms with Gasteiger partial charge in [-0.15, -0.1) is 11.3 Å². The number of fused-ring (bicyclic) bond motifs is 5. The van der Waals surface area contributed by atoms with Crippen LogP contribution in [0.3, 0.4) is 0 Å². The fourth-order valence-electron chi connectivity index (χ4n) is 7.59. The van der Waals surface area contributed by atoms with E-state index >= 15 is 0 Å². The van der Waals surface area contributed by atoms with Gasteiger partial charge in [-0.25, -0.2) is 4.98 Å². The zero-order valence-corrected chi connectivity index (χ0v) is 17.2. The Balaban J connectivity index is 1.47. The fourth-order valence-corrected chi connectivity index (χ4v) is 8.25. The van der Waals surface area contributed by atoms with Crippen LogP contribution in [0.2, 0.25) is 0 Å². The van der Waals surface area contributed by atoms with Crippen molar-refractivity contribution in [3.8, 4) is 0 Å². The van der Waals surface area contributed by atoms with E-state index in [0.29, 0.717) is 22.5 Å². The Morgan fingerprint density at radius 2 is 1.92 bits per heavy atom. The normalized spacial score (nSPS) is 44.9. The molecule has 0 spiro atoms. The number of ketones is 1. The van der Waals surface area contributed by atoms with Gasteiger partial charge in [-0.1, -0.05) is 19.4 Å². The maximum Gasteiger partial charge on any atom is 0.155 e. The minimum absolute atomic E-state index is 0.299. The highest BCUT2D eigenvalue weighted by molar-refractivity contribution is 7.09. The van der Waals surface area contributed by atoms with Crippen molar-refractivity contribution in [2.45, 2.75) is 78.1 Å². The Labute approximate surface area is 161 Å². The van der Waals surface area contributed by atoms with Gasteiger partial charge in [-0.2, -0.15) is 0 Å². The molecule has 3 heteroatoms. The standard InChI is InChI=1S/C23H31NOS/c1-14-24-21(13-26-14)20-7-6-18-17-5-4-15-12-16(25)8-10-22(15,2)19(17)9-11-23(18,20)3/h12-13,17-20H,4-11H2,1-3H3/t17-,18-,19-,20-,22-,23-/m0/s1. The molecule has 0 N–H and O–H groups in total. The number of carbonyl (C=O) groups is 1. The summed E-state index contributed by atoms with van der Waals surface area (Å²) in [6.45, 7) is 7.21. The molecule has 6 atom stereocenters. The van der Waals surface area contributed by atoms with Crippen molar-refractivity contribution in [3.63, 3.8) is 0 Å².